The van der Waals surface area contributed by atoms with Crippen molar-refractivity contribution in [2.75, 3.05) is 0 Å². The zero-order valence-electron chi connectivity index (χ0n) is 10.7. The zero-order valence-corrected chi connectivity index (χ0v) is 18.4. The van der Waals surface area contributed by atoms with Gasteiger partial charge in [0.15, 0.2) is 0 Å². The van der Waals surface area contributed by atoms with Gasteiger partial charge in [0.05, 0.1) is 21.0 Å². The number of benzene rings is 1. The average Bonchev–Trinajstić information content (AvgIpc) is 2.20. The van der Waals surface area contributed by atoms with E-state index in [1.807, 2.05) is 0 Å². The largest absolute Gasteiger partial charge is 2.00 e. The van der Waals surface area contributed by atoms with Crippen LogP contribution in [0.5, 0.6) is 5.75 Å². The van der Waals surface area contributed by atoms with Gasteiger partial charge in [0.1, 0.15) is 0 Å². The van der Waals surface area contributed by atoms with Crippen molar-refractivity contribution < 1.29 is 31.0 Å². The van der Waals surface area contributed by atoms with Gasteiger partial charge < -0.3 is 31.4 Å². The normalized spacial score (nSPS) is 7.32. The smallest absolute Gasteiger partial charge is 0.870 e. The zero-order chi connectivity index (χ0) is 14.5. The van der Waals surface area contributed by atoms with Gasteiger partial charge in [-0.25, -0.2) is 0 Å². The van der Waals surface area contributed by atoms with Crippen LogP contribution in [0.1, 0.15) is 5.56 Å². The summed E-state index contributed by atoms with van der Waals surface area (Å²) in [4.78, 5) is 27.2. The maximum Gasteiger partial charge on any atom is 2.00 e. The Labute approximate surface area is 162 Å². The summed E-state index contributed by atoms with van der Waals surface area (Å²) in [6.07, 6.45) is 0. The van der Waals surface area contributed by atoms with Crippen LogP contribution in [0.25, 0.3) is 0 Å². The summed E-state index contributed by atoms with van der Waals surface area (Å²) in [5, 5.41) is 46.5. The Hall–Kier alpha value is -1.22. The number of nitro groups is 2. The average molecular weight is 708 g/mol. The Bertz CT molecular complexity index is 508. The molecule has 118 valence electrons. The molecule has 0 heterocycles. The molecular formula is C7H7N3O10Pb2. The summed E-state index contributed by atoms with van der Waals surface area (Å²) in [6, 6.07) is 1.67. The molecule has 0 fully saturated rings. The summed E-state index contributed by atoms with van der Waals surface area (Å²) >= 11 is 0. The molecule has 0 spiro atoms. The van der Waals surface area contributed by atoms with Crippen LogP contribution in [-0.2, 0) is 0 Å². The van der Waals surface area contributed by atoms with Gasteiger partial charge in [0.2, 0.25) is 0 Å². The van der Waals surface area contributed by atoms with Crippen LogP contribution < -0.4 is 5.11 Å². The molecule has 1 aromatic rings. The second-order valence-corrected chi connectivity index (χ2v) is 2.85. The first kappa shape index (κ1) is 32.7. The molecule has 0 aliphatic carbocycles. The summed E-state index contributed by atoms with van der Waals surface area (Å²) in [5.74, 6) is -0.791. The van der Waals surface area contributed by atoms with E-state index in [1.54, 1.807) is 0 Å². The van der Waals surface area contributed by atoms with Crippen molar-refractivity contribution >= 4 is 66.0 Å². The Balaban J connectivity index is -0.000000109. The SMILES string of the molecule is Cc1cc([N+](=O)[O-])cc([N+](=O)[O-])c1[O-].O=[N+]([O-])[O-].[OH-].[OH-].[Pb+2].[Pb+2]. The number of rotatable bonds is 2. The van der Waals surface area contributed by atoms with Gasteiger partial charge in [-0.3, -0.25) is 20.2 Å². The number of aryl methyl sites for hydroxylation is 1. The molecule has 2 N–H and O–H groups in total. The van der Waals surface area contributed by atoms with Crippen LogP contribution in [-0.4, -0.2) is 80.5 Å². The fraction of sp³-hybridized carbons (Fsp3) is 0.143. The van der Waals surface area contributed by atoms with Gasteiger partial charge in [0.25, 0.3) is 11.4 Å². The Morgan fingerprint density at radius 3 is 1.50 bits per heavy atom. The van der Waals surface area contributed by atoms with Crippen molar-refractivity contribution in [3.8, 4) is 5.75 Å². The van der Waals surface area contributed by atoms with E-state index in [0.29, 0.717) is 6.07 Å². The molecule has 13 nitrogen and oxygen atoms in total. The summed E-state index contributed by atoms with van der Waals surface area (Å²) in [6.45, 7) is 1.29. The summed E-state index contributed by atoms with van der Waals surface area (Å²) in [7, 11) is 0. The van der Waals surface area contributed by atoms with Crippen LogP contribution in [0, 0.1) is 42.5 Å². The standard InChI is InChI=1S/C7H6N2O5.NO3.2H2O.2Pb/c1-4-2-5(8(11)12)3-6(7(4)10)9(13)14;2-1(3)4;;;;/h2-3,10H,1H3;;2*1H2;;/q;-1;;;2*+2/p-3. The maximum atomic E-state index is 11.1. The van der Waals surface area contributed by atoms with Crippen LogP contribution in [0.2, 0.25) is 0 Å². The molecule has 22 heavy (non-hydrogen) atoms. The van der Waals surface area contributed by atoms with Gasteiger partial charge in [-0.2, -0.15) is 0 Å². The van der Waals surface area contributed by atoms with Gasteiger partial charge >= 0.3 is 54.6 Å². The second kappa shape index (κ2) is 14.7. The fourth-order valence-corrected chi connectivity index (χ4v) is 0.978. The predicted molar refractivity (Wildman–Crippen MR) is 69.7 cm³/mol. The molecule has 0 aliphatic heterocycles. The van der Waals surface area contributed by atoms with Gasteiger partial charge in [-0.05, 0) is 18.2 Å². The van der Waals surface area contributed by atoms with Crippen molar-refractivity contribution in [1.82, 2.24) is 0 Å². The van der Waals surface area contributed by atoms with Crippen molar-refractivity contribution in [3.05, 3.63) is 53.2 Å². The molecule has 0 atom stereocenters. The van der Waals surface area contributed by atoms with E-state index in [1.165, 1.54) is 6.92 Å². The van der Waals surface area contributed by atoms with E-state index >= 15 is 0 Å². The number of nitrogens with zero attached hydrogens (tertiary/aromatic N) is 3. The van der Waals surface area contributed by atoms with Gasteiger partial charge in [0, 0.05) is 6.07 Å². The third kappa shape index (κ3) is 11.4. The van der Waals surface area contributed by atoms with Crippen molar-refractivity contribution in [2.45, 2.75) is 6.92 Å². The van der Waals surface area contributed by atoms with Crippen LogP contribution in [0.4, 0.5) is 11.4 Å². The molecule has 15 heteroatoms. The first-order valence-corrected chi connectivity index (χ1v) is 4.08. The predicted octanol–water partition coefficient (Wildman–Crippen LogP) is -0.469. The quantitative estimate of drug-likeness (QED) is 0.218. The van der Waals surface area contributed by atoms with E-state index in [0.717, 1.165) is 6.07 Å². The Kier molecular flexibility index (Phi) is 21.8. The third-order valence-electron chi connectivity index (χ3n) is 1.65. The minimum atomic E-state index is -1.75. The molecule has 1 aromatic carbocycles. The van der Waals surface area contributed by atoms with Crippen LogP contribution >= 0.6 is 0 Å². The topological polar surface area (TPSA) is 236 Å². The Morgan fingerprint density at radius 1 is 0.864 bits per heavy atom. The Morgan fingerprint density at radius 2 is 1.23 bits per heavy atom. The molecule has 4 radical (unpaired) electrons. The van der Waals surface area contributed by atoms with Crippen LogP contribution in [0.15, 0.2) is 12.1 Å². The van der Waals surface area contributed by atoms with E-state index in [9.17, 15) is 25.3 Å². The minimum Gasteiger partial charge on any atom is -0.870 e. The first-order chi connectivity index (χ1) is 8.16. The monoisotopic (exact) mass is 709 g/mol. The first-order valence-electron chi connectivity index (χ1n) is 4.08. The molecule has 0 saturated heterocycles. The number of non-ortho nitro benzene ring substituents is 1. The van der Waals surface area contributed by atoms with E-state index < -0.39 is 32.1 Å². The molecule has 1 rings (SSSR count). The fourth-order valence-electron chi connectivity index (χ4n) is 0.978. The summed E-state index contributed by atoms with van der Waals surface area (Å²) < 4.78 is 0. The third-order valence-corrected chi connectivity index (χ3v) is 1.65. The molecule has 0 amide bonds. The van der Waals surface area contributed by atoms with E-state index in [-0.39, 0.29) is 71.1 Å². The van der Waals surface area contributed by atoms with E-state index in [4.69, 9.17) is 15.3 Å². The molecular weight excluding hydrogens is 700 g/mol. The van der Waals surface area contributed by atoms with E-state index in [2.05, 4.69) is 0 Å². The number of hydrogen-bond acceptors (Lipinski definition) is 10. The van der Waals surface area contributed by atoms with Crippen molar-refractivity contribution in [3.63, 3.8) is 0 Å². The van der Waals surface area contributed by atoms with Crippen LogP contribution in [0.3, 0.4) is 0 Å². The molecule has 0 unspecified atom stereocenters. The van der Waals surface area contributed by atoms with Gasteiger partial charge in [-0.1, -0.05) is 0 Å². The minimum absolute atomic E-state index is 0. The molecule has 0 aromatic heterocycles. The number of hydrogen-bond donors (Lipinski definition) is 0. The number of nitro benzene ring substituents is 2. The molecule has 0 aliphatic rings. The van der Waals surface area contributed by atoms with Crippen molar-refractivity contribution in [2.24, 2.45) is 0 Å². The molecule has 0 bridgehead atoms. The molecule has 0 saturated carbocycles. The van der Waals surface area contributed by atoms with Gasteiger partial charge in [-0.15, -0.1) is 0 Å². The summed E-state index contributed by atoms with van der Waals surface area (Å²) in [5.41, 5.74) is -1.23. The second-order valence-electron chi connectivity index (χ2n) is 2.85. The van der Waals surface area contributed by atoms with Crippen molar-refractivity contribution in [1.29, 1.82) is 0 Å². The maximum absolute atomic E-state index is 11.1.